The zero-order chi connectivity index (χ0) is 8.43. The van der Waals surface area contributed by atoms with Crippen LogP contribution in [-0.4, -0.2) is 0 Å². The number of rotatable bonds is 1. The Balaban J connectivity index is 0.00000121. The second kappa shape index (κ2) is 4.80. The van der Waals surface area contributed by atoms with Gasteiger partial charge in [-0.15, -0.1) is 12.4 Å². The molecule has 0 aliphatic carbocycles. The smallest absolute Gasteiger partial charge is 0.128 e. The van der Waals surface area contributed by atoms with E-state index in [0.29, 0.717) is 5.56 Å². The molecule has 0 unspecified atom stereocenters. The van der Waals surface area contributed by atoms with Crippen molar-refractivity contribution in [3.8, 4) is 0 Å². The summed E-state index contributed by atoms with van der Waals surface area (Å²) in [6, 6.07) is 4.50. The standard InChI is InChI=1S/C8H9BrFN.ClH/c1-5(11)7-4-6(9)2-3-8(7)10;/h2-5H,11H2,1H3;1H/t5-;/m0./s1. The molecule has 1 aromatic rings. The molecule has 0 aromatic heterocycles. The Bertz CT molecular complexity index is 265. The molecule has 12 heavy (non-hydrogen) atoms. The topological polar surface area (TPSA) is 26.0 Å². The highest BCUT2D eigenvalue weighted by atomic mass is 79.9. The predicted octanol–water partition coefficient (Wildman–Crippen LogP) is 3.03. The second-order valence-corrected chi connectivity index (χ2v) is 3.37. The van der Waals surface area contributed by atoms with Crippen LogP contribution in [0.3, 0.4) is 0 Å². The van der Waals surface area contributed by atoms with Gasteiger partial charge in [0.1, 0.15) is 5.82 Å². The lowest BCUT2D eigenvalue weighted by molar-refractivity contribution is 0.593. The first-order valence-electron chi connectivity index (χ1n) is 3.32. The zero-order valence-corrected chi connectivity index (χ0v) is 8.95. The molecule has 1 atom stereocenters. The van der Waals surface area contributed by atoms with E-state index >= 15 is 0 Å². The van der Waals surface area contributed by atoms with Crippen LogP contribution in [0.2, 0.25) is 0 Å². The SMILES string of the molecule is C[C@H](N)c1cc(Br)ccc1F.Cl. The van der Waals surface area contributed by atoms with Crippen LogP contribution in [0.4, 0.5) is 4.39 Å². The van der Waals surface area contributed by atoms with E-state index in [-0.39, 0.29) is 24.3 Å². The normalized spacial score (nSPS) is 12.0. The second-order valence-electron chi connectivity index (χ2n) is 2.45. The highest BCUT2D eigenvalue weighted by Gasteiger charge is 2.05. The third-order valence-corrected chi connectivity index (χ3v) is 1.94. The molecule has 0 fully saturated rings. The average molecular weight is 255 g/mol. The molecule has 0 amide bonds. The van der Waals surface area contributed by atoms with E-state index in [1.54, 1.807) is 19.1 Å². The van der Waals surface area contributed by atoms with Crippen molar-refractivity contribution in [2.24, 2.45) is 5.73 Å². The number of nitrogens with two attached hydrogens (primary N) is 1. The van der Waals surface area contributed by atoms with E-state index in [9.17, 15) is 4.39 Å². The molecule has 0 aliphatic rings. The maximum atomic E-state index is 12.9. The Kier molecular flexibility index (Phi) is 4.75. The third kappa shape index (κ3) is 2.73. The third-order valence-electron chi connectivity index (χ3n) is 1.45. The van der Waals surface area contributed by atoms with Crippen LogP contribution in [0.15, 0.2) is 22.7 Å². The summed E-state index contributed by atoms with van der Waals surface area (Å²) in [5.74, 6) is -0.247. The summed E-state index contributed by atoms with van der Waals surface area (Å²) in [4.78, 5) is 0. The summed E-state index contributed by atoms with van der Waals surface area (Å²) in [5.41, 5.74) is 6.06. The Morgan fingerprint density at radius 2 is 2.08 bits per heavy atom. The van der Waals surface area contributed by atoms with Crippen LogP contribution in [0.5, 0.6) is 0 Å². The van der Waals surface area contributed by atoms with E-state index in [0.717, 1.165) is 4.47 Å². The highest BCUT2D eigenvalue weighted by molar-refractivity contribution is 9.10. The molecule has 2 N–H and O–H groups in total. The van der Waals surface area contributed by atoms with Crippen LogP contribution in [0.25, 0.3) is 0 Å². The van der Waals surface area contributed by atoms with Gasteiger partial charge in [0.15, 0.2) is 0 Å². The maximum absolute atomic E-state index is 12.9. The lowest BCUT2D eigenvalue weighted by Crippen LogP contribution is -2.07. The first kappa shape index (κ1) is 11.9. The van der Waals surface area contributed by atoms with Gasteiger partial charge in [-0.1, -0.05) is 15.9 Å². The molecule has 0 bridgehead atoms. The van der Waals surface area contributed by atoms with Gasteiger partial charge in [0.05, 0.1) is 0 Å². The van der Waals surface area contributed by atoms with Crippen molar-refractivity contribution in [3.63, 3.8) is 0 Å². The maximum Gasteiger partial charge on any atom is 0.128 e. The van der Waals surface area contributed by atoms with Crippen molar-refractivity contribution in [1.82, 2.24) is 0 Å². The van der Waals surface area contributed by atoms with Crippen LogP contribution in [0.1, 0.15) is 18.5 Å². The van der Waals surface area contributed by atoms with Gasteiger partial charge < -0.3 is 5.73 Å². The van der Waals surface area contributed by atoms with E-state index < -0.39 is 0 Å². The minimum absolute atomic E-state index is 0. The summed E-state index contributed by atoms with van der Waals surface area (Å²) in [6.45, 7) is 1.75. The largest absolute Gasteiger partial charge is 0.324 e. The minimum Gasteiger partial charge on any atom is -0.324 e. The molecule has 1 nitrogen and oxygen atoms in total. The number of hydrogen-bond acceptors (Lipinski definition) is 1. The monoisotopic (exact) mass is 253 g/mol. The molecule has 0 aliphatic heterocycles. The van der Waals surface area contributed by atoms with Crippen molar-refractivity contribution in [2.75, 3.05) is 0 Å². The van der Waals surface area contributed by atoms with Gasteiger partial charge >= 0.3 is 0 Å². The number of halogens is 3. The van der Waals surface area contributed by atoms with Crippen LogP contribution < -0.4 is 5.73 Å². The first-order valence-corrected chi connectivity index (χ1v) is 4.11. The average Bonchev–Trinajstić information content (AvgIpc) is 1.94. The van der Waals surface area contributed by atoms with Gasteiger partial charge in [-0.3, -0.25) is 0 Å². The first-order chi connectivity index (χ1) is 5.11. The van der Waals surface area contributed by atoms with Crippen molar-refractivity contribution in [3.05, 3.63) is 34.1 Å². The molecular weight excluding hydrogens is 244 g/mol. The van der Waals surface area contributed by atoms with E-state index in [1.807, 2.05) is 0 Å². The molecule has 0 heterocycles. The van der Waals surface area contributed by atoms with Crippen molar-refractivity contribution in [1.29, 1.82) is 0 Å². The molecule has 0 saturated heterocycles. The molecular formula is C8H10BrClFN. The fourth-order valence-electron chi connectivity index (χ4n) is 0.864. The summed E-state index contributed by atoms with van der Waals surface area (Å²) < 4.78 is 13.8. The lowest BCUT2D eigenvalue weighted by Gasteiger charge is -2.06. The van der Waals surface area contributed by atoms with Crippen LogP contribution >= 0.6 is 28.3 Å². The van der Waals surface area contributed by atoms with Crippen LogP contribution in [-0.2, 0) is 0 Å². The molecule has 0 saturated carbocycles. The summed E-state index contributed by atoms with van der Waals surface area (Å²) in [6.07, 6.45) is 0. The molecule has 1 rings (SSSR count). The Labute approximate surface area is 85.7 Å². The van der Waals surface area contributed by atoms with Gasteiger partial charge in [0.2, 0.25) is 0 Å². The Morgan fingerprint density at radius 3 is 2.50 bits per heavy atom. The van der Waals surface area contributed by atoms with Gasteiger partial charge in [0, 0.05) is 16.1 Å². The lowest BCUT2D eigenvalue weighted by atomic mass is 10.1. The number of hydrogen-bond donors (Lipinski definition) is 1. The predicted molar refractivity (Wildman–Crippen MR) is 54.0 cm³/mol. The fraction of sp³-hybridized carbons (Fsp3) is 0.250. The van der Waals surface area contributed by atoms with Gasteiger partial charge in [-0.05, 0) is 25.1 Å². The van der Waals surface area contributed by atoms with Gasteiger partial charge in [0.25, 0.3) is 0 Å². The van der Waals surface area contributed by atoms with Crippen LogP contribution in [0, 0.1) is 5.82 Å². The summed E-state index contributed by atoms with van der Waals surface area (Å²) in [7, 11) is 0. The van der Waals surface area contributed by atoms with E-state index in [1.165, 1.54) is 6.07 Å². The quantitative estimate of drug-likeness (QED) is 0.819. The fourth-order valence-corrected chi connectivity index (χ4v) is 1.24. The van der Waals surface area contributed by atoms with Gasteiger partial charge in [-0.2, -0.15) is 0 Å². The molecule has 1 aromatic carbocycles. The van der Waals surface area contributed by atoms with Crippen molar-refractivity contribution < 1.29 is 4.39 Å². The highest BCUT2D eigenvalue weighted by Crippen LogP contribution is 2.19. The zero-order valence-electron chi connectivity index (χ0n) is 6.55. The molecule has 4 heteroatoms. The molecule has 0 radical (unpaired) electrons. The minimum atomic E-state index is -0.257. The molecule has 68 valence electrons. The molecule has 0 spiro atoms. The van der Waals surface area contributed by atoms with E-state index in [2.05, 4.69) is 15.9 Å². The van der Waals surface area contributed by atoms with Crippen molar-refractivity contribution in [2.45, 2.75) is 13.0 Å². The summed E-state index contributed by atoms with van der Waals surface area (Å²) in [5, 5.41) is 0. The van der Waals surface area contributed by atoms with Gasteiger partial charge in [-0.25, -0.2) is 4.39 Å². The Hall–Kier alpha value is -0.120. The summed E-state index contributed by atoms with van der Waals surface area (Å²) >= 11 is 3.24. The number of benzene rings is 1. The van der Waals surface area contributed by atoms with E-state index in [4.69, 9.17) is 5.73 Å². The van der Waals surface area contributed by atoms with Crippen molar-refractivity contribution >= 4 is 28.3 Å². The Morgan fingerprint density at radius 1 is 1.50 bits per heavy atom.